The number of hydrogen-bond donors (Lipinski definition) is 2. The molecule has 2 aromatic rings. The molecule has 0 fully saturated rings. The molecule has 0 aliphatic carbocycles. The van der Waals surface area contributed by atoms with Gasteiger partial charge in [-0.3, -0.25) is 0 Å². The molecule has 0 radical (unpaired) electrons. The predicted octanol–water partition coefficient (Wildman–Crippen LogP) is 2.76. The van der Waals surface area contributed by atoms with Gasteiger partial charge in [-0.2, -0.15) is 0 Å². The minimum Gasteiger partial charge on any atom is -0.493 e. The van der Waals surface area contributed by atoms with Crippen molar-refractivity contribution in [3.05, 3.63) is 35.9 Å². The number of methoxy groups -OCH3 is 1. The number of benzene rings is 1. The predicted molar refractivity (Wildman–Crippen MR) is 124 cm³/mol. The summed E-state index contributed by atoms with van der Waals surface area (Å²) in [4.78, 5) is 4.67. The summed E-state index contributed by atoms with van der Waals surface area (Å²) < 4.78 is 13.5. The largest absolute Gasteiger partial charge is 0.493 e. The lowest BCUT2D eigenvalue weighted by Gasteiger charge is -2.19. The Morgan fingerprint density at radius 1 is 1.21 bits per heavy atom. The topological polar surface area (TPSA) is 85.6 Å². The molecule has 0 spiro atoms. The standard InChI is InChI=1S/C20H30N6O2.HI/c1-4-21-20(23-14-19-25-24-18-11-7-8-12-26(18)19)22-13-15(2)28-17-10-6-5-9-16(17)27-3;/h5-6,9-10,15H,4,7-8,11-14H2,1-3H3,(H2,21,22,23);1H. The fourth-order valence-electron chi connectivity index (χ4n) is 3.19. The number of aliphatic imine (C=N–C) groups is 1. The van der Waals surface area contributed by atoms with Crippen LogP contribution < -0.4 is 20.1 Å². The van der Waals surface area contributed by atoms with Gasteiger partial charge in [0.15, 0.2) is 23.3 Å². The average molecular weight is 514 g/mol. The lowest BCUT2D eigenvalue weighted by Crippen LogP contribution is -2.41. The zero-order valence-electron chi connectivity index (χ0n) is 17.4. The molecule has 3 rings (SSSR count). The van der Waals surface area contributed by atoms with Crippen LogP contribution in [0.25, 0.3) is 0 Å². The Balaban J connectivity index is 0.00000300. The Kier molecular flexibility index (Phi) is 9.49. The van der Waals surface area contributed by atoms with Gasteiger partial charge in [-0.15, -0.1) is 34.2 Å². The van der Waals surface area contributed by atoms with Gasteiger partial charge in [-0.25, -0.2) is 4.99 Å². The van der Waals surface area contributed by atoms with Gasteiger partial charge in [0.2, 0.25) is 0 Å². The molecule has 1 atom stereocenters. The Labute approximate surface area is 189 Å². The average Bonchev–Trinajstić information content (AvgIpc) is 3.13. The van der Waals surface area contributed by atoms with Crippen LogP contribution in [0.5, 0.6) is 11.5 Å². The van der Waals surface area contributed by atoms with Crippen LogP contribution in [0.15, 0.2) is 29.3 Å². The van der Waals surface area contributed by atoms with Crippen molar-refractivity contribution in [3.63, 3.8) is 0 Å². The highest BCUT2D eigenvalue weighted by Crippen LogP contribution is 2.26. The molecule has 160 valence electrons. The molecule has 2 N–H and O–H groups in total. The summed E-state index contributed by atoms with van der Waals surface area (Å²) in [6, 6.07) is 7.65. The number of fused-ring (bicyclic) bond motifs is 1. The van der Waals surface area contributed by atoms with Gasteiger partial charge in [0.1, 0.15) is 18.5 Å². The molecule has 2 heterocycles. The van der Waals surface area contributed by atoms with Crippen LogP contribution in [0.2, 0.25) is 0 Å². The molecule has 29 heavy (non-hydrogen) atoms. The number of ether oxygens (including phenoxy) is 2. The highest BCUT2D eigenvalue weighted by Gasteiger charge is 2.15. The first kappa shape index (κ1) is 23.2. The monoisotopic (exact) mass is 514 g/mol. The minimum atomic E-state index is -0.0546. The molecule has 9 heteroatoms. The van der Waals surface area contributed by atoms with E-state index in [1.54, 1.807) is 7.11 Å². The van der Waals surface area contributed by atoms with Crippen LogP contribution in [0.3, 0.4) is 0 Å². The molecule has 0 amide bonds. The summed E-state index contributed by atoms with van der Waals surface area (Å²) in [6.45, 7) is 6.95. The lowest BCUT2D eigenvalue weighted by molar-refractivity contribution is 0.213. The number of halogens is 1. The number of para-hydroxylation sites is 2. The summed E-state index contributed by atoms with van der Waals surface area (Å²) in [5.74, 6) is 4.20. The molecule has 8 nitrogen and oxygen atoms in total. The van der Waals surface area contributed by atoms with Gasteiger partial charge in [0, 0.05) is 19.5 Å². The lowest BCUT2D eigenvalue weighted by atomic mass is 10.2. The van der Waals surface area contributed by atoms with Crippen molar-refractivity contribution in [3.8, 4) is 11.5 Å². The summed E-state index contributed by atoms with van der Waals surface area (Å²) in [6.07, 6.45) is 3.32. The van der Waals surface area contributed by atoms with E-state index in [4.69, 9.17) is 9.47 Å². The zero-order valence-corrected chi connectivity index (χ0v) is 19.7. The Hall–Kier alpha value is -2.04. The van der Waals surface area contributed by atoms with Crippen molar-refractivity contribution < 1.29 is 9.47 Å². The van der Waals surface area contributed by atoms with Gasteiger partial charge in [0.05, 0.1) is 13.7 Å². The molecule has 0 saturated carbocycles. The van der Waals surface area contributed by atoms with Crippen LogP contribution in [0.1, 0.15) is 38.3 Å². The first-order valence-corrected chi connectivity index (χ1v) is 9.94. The van der Waals surface area contributed by atoms with Crippen molar-refractivity contribution >= 4 is 29.9 Å². The van der Waals surface area contributed by atoms with E-state index < -0.39 is 0 Å². The van der Waals surface area contributed by atoms with Crippen LogP contribution in [0.4, 0.5) is 0 Å². The summed E-state index contributed by atoms with van der Waals surface area (Å²) in [5.41, 5.74) is 0. The number of aryl methyl sites for hydroxylation is 1. The number of aromatic nitrogens is 3. The van der Waals surface area contributed by atoms with Crippen LogP contribution in [-0.4, -0.2) is 47.0 Å². The second-order valence-electron chi connectivity index (χ2n) is 6.80. The first-order valence-electron chi connectivity index (χ1n) is 9.94. The Bertz CT molecular complexity index is 795. The quantitative estimate of drug-likeness (QED) is 0.320. The SMILES string of the molecule is CCNC(=NCc1nnc2n1CCCC2)NCC(C)Oc1ccccc1OC.I. The fraction of sp³-hybridized carbons (Fsp3) is 0.550. The molecule has 0 saturated heterocycles. The van der Waals surface area contributed by atoms with Crippen LogP contribution in [-0.2, 0) is 19.5 Å². The number of rotatable bonds is 8. The third-order valence-electron chi connectivity index (χ3n) is 4.61. The number of nitrogens with one attached hydrogen (secondary N) is 2. The molecule has 1 aliphatic heterocycles. The molecule has 0 bridgehead atoms. The van der Waals surface area contributed by atoms with Crippen LogP contribution in [0, 0.1) is 0 Å². The van der Waals surface area contributed by atoms with E-state index in [1.165, 1.54) is 12.8 Å². The van der Waals surface area contributed by atoms with Crippen LogP contribution >= 0.6 is 24.0 Å². The first-order chi connectivity index (χ1) is 13.7. The molecular formula is C20H31IN6O2. The van der Waals surface area contributed by atoms with E-state index in [9.17, 15) is 0 Å². The van der Waals surface area contributed by atoms with Gasteiger partial charge in [0.25, 0.3) is 0 Å². The van der Waals surface area contributed by atoms with Crippen molar-refractivity contribution in [2.45, 2.75) is 52.3 Å². The van der Waals surface area contributed by atoms with E-state index >= 15 is 0 Å². The van der Waals surface area contributed by atoms with Crippen molar-refractivity contribution in [1.82, 2.24) is 25.4 Å². The number of guanidine groups is 1. The maximum atomic E-state index is 5.99. The minimum absolute atomic E-state index is 0. The maximum Gasteiger partial charge on any atom is 0.191 e. The normalized spacial score (nSPS) is 14.4. The smallest absolute Gasteiger partial charge is 0.191 e. The molecule has 1 aromatic heterocycles. The van der Waals surface area contributed by atoms with E-state index in [0.717, 1.165) is 48.6 Å². The number of nitrogens with zero attached hydrogens (tertiary/aromatic N) is 4. The summed E-state index contributed by atoms with van der Waals surface area (Å²) in [7, 11) is 1.64. The highest BCUT2D eigenvalue weighted by atomic mass is 127. The summed E-state index contributed by atoms with van der Waals surface area (Å²) >= 11 is 0. The van der Waals surface area contributed by atoms with Gasteiger partial charge in [-0.05, 0) is 38.8 Å². The molecule has 1 aromatic carbocycles. The zero-order chi connectivity index (χ0) is 19.8. The molecule has 1 aliphatic rings. The third-order valence-corrected chi connectivity index (χ3v) is 4.61. The van der Waals surface area contributed by atoms with E-state index in [1.807, 2.05) is 38.1 Å². The fourth-order valence-corrected chi connectivity index (χ4v) is 3.19. The highest BCUT2D eigenvalue weighted by molar-refractivity contribution is 14.0. The third kappa shape index (κ3) is 6.48. The van der Waals surface area contributed by atoms with E-state index in [2.05, 4.69) is 30.4 Å². The maximum absolute atomic E-state index is 5.99. The number of hydrogen-bond acceptors (Lipinski definition) is 5. The van der Waals surface area contributed by atoms with Gasteiger partial charge < -0.3 is 24.7 Å². The molecular weight excluding hydrogens is 483 g/mol. The van der Waals surface area contributed by atoms with Gasteiger partial charge >= 0.3 is 0 Å². The van der Waals surface area contributed by atoms with Crippen molar-refractivity contribution in [2.24, 2.45) is 4.99 Å². The Morgan fingerprint density at radius 2 is 2.00 bits per heavy atom. The summed E-state index contributed by atoms with van der Waals surface area (Å²) in [5, 5.41) is 15.2. The van der Waals surface area contributed by atoms with Gasteiger partial charge in [-0.1, -0.05) is 12.1 Å². The van der Waals surface area contributed by atoms with Crippen molar-refractivity contribution in [2.75, 3.05) is 20.2 Å². The Morgan fingerprint density at radius 3 is 2.76 bits per heavy atom. The van der Waals surface area contributed by atoms with Crippen molar-refractivity contribution in [1.29, 1.82) is 0 Å². The second-order valence-corrected chi connectivity index (χ2v) is 6.80. The second kappa shape index (κ2) is 11.8. The molecule has 1 unspecified atom stereocenters. The van der Waals surface area contributed by atoms with E-state index in [-0.39, 0.29) is 30.1 Å². The van der Waals surface area contributed by atoms with E-state index in [0.29, 0.717) is 13.1 Å².